The van der Waals surface area contributed by atoms with Crippen LogP contribution in [-0.2, 0) is 9.53 Å². The van der Waals surface area contributed by atoms with Gasteiger partial charge < -0.3 is 10.1 Å². The molecule has 0 aliphatic carbocycles. The van der Waals surface area contributed by atoms with Gasteiger partial charge in [0.15, 0.2) is 0 Å². The molecular weight excluding hydrogens is 130 g/mol. The molecule has 1 amide bonds. The number of rotatable bonds is 5. The summed E-state index contributed by atoms with van der Waals surface area (Å²) in [6, 6.07) is 0. The third kappa shape index (κ3) is 5.05. The molecule has 0 aromatic carbocycles. The normalized spacial score (nSPS) is 8.40. The summed E-state index contributed by atoms with van der Waals surface area (Å²) in [6.45, 7) is 7.36. The molecule has 0 rings (SSSR count). The maximum Gasteiger partial charge on any atom is 0.245 e. The first-order valence-corrected chi connectivity index (χ1v) is 2.90. The van der Waals surface area contributed by atoms with Crippen LogP contribution in [0.15, 0.2) is 25.3 Å². The monoisotopic (exact) mass is 141 g/mol. The molecule has 0 bridgehead atoms. The topological polar surface area (TPSA) is 38.3 Å². The van der Waals surface area contributed by atoms with Gasteiger partial charge in [0.25, 0.3) is 0 Å². The second-order valence-corrected chi connectivity index (χ2v) is 1.55. The second-order valence-electron chi connectivity index (χ2n) is 1.55. The summed E-state index contributed by atoms with van der Waals surface area (Å²) in [7, 11) is 0. The van der Waals surface area contributed by atoms with Gasteiger partial charge in [0, 0.05) is 0 Å². The Hall–Kier alpha value is -1.09. The van der Waals surface area contributed by atoms with Crippen LogP contribution in [0, 0.1) is 0 Å². The molecule has 0 radical (unpaired) electrons. The minimum atomic E-state index is -0.232. The highest BCUT2D eigenvalue weighted by atomic mass is 16.5. The molecule has 0 aliphatic heterocycles. The van der Waals surface area contributed by atoms with Gasteiger partial charge in [-0.15, -0.1) is 6.58 Å². The Morgan fingerprint density at radius 1 is 1.60 bits per heavy atom. The Morgan fingerprint density at radius 3 is 2.80 bits per heavy atom. The molecule has 0 fully saturated rings. The predicted octanol–water partition coefficient (Wildman–Crippen LogP) is 0.449. The first-order chi connectivity index (χ1) is 4.81. The van der Waals surface area contributed by atoms with Crippen molar-refractivity contribution in [2.24, 2.45) is 0 Å². The summed E-state index contributed by atoms with van der Waals surface area (Å²) in [4.78, 5) is 10.4. The van der Waals surface area contributed by atoms with Crippen LogP contribution in [0.4, 0.5) is 0 Å². The third-order valence-corrected chi connectivity index (χ3v) is 0.770. The van der Waals surface area contributed by atoms with E-state index in [4.69, 9.17) is 4.74 Å². The zero-order valence-electron chi connectivity index (χ0n) is 5.80. The standard InChI is InChI=1S/C7H11NO2/c1-3-5-10-6-8-7(9)4-2/h3-4H,1-2,5-6H2,(H,8,9). The van der Waals surface area contributed by atoms with Crippen molar-refractivity contribution < 1.29 is 9.53 Å². The van der Waals surface area contributed by atoms with Gasteiger partial charge in [-0.2, -0.15) is 0 Å². The average molecular weight is 141 g/mol. The molecule has 0 atom stereocenters. The van der Waals surface area contributed by atoms with Crippen molar-refractivity contribution in [2.75, 3.05) is 13.3 Å². The van der Waals surface area contributed by atoms with Crippen molar-refractivity contribution in [1.82, 2.24) is 5.32 Å². The van der Waals surface area contributed by atoms with Gasteiger partial charge in [-0.05, 0) is 6.08 Å². The molecule has 0 heterocycles. The largest absolute Gasteiger partial charge is 0.357 e. The number of nitrogens with one attached hydrogen (secondary N) is 1. The van der Waals surface area contributed by atoms with Crippen LogP contribution < -0.4 is 5.32 Å². The molecule has 0 saturated carbocycles. The van der Waals surface area contributed by atoms with E-state index in [0.29, 0.717) is 6.61 Å². The molecule has 56 valence electrons. The molecule has 0 unspecified atom stereocenters. The summed E-state index contributed by atoms with van der Waals surface area (Å²) >= 11 is 0. The van der Waals surface area contributed by atoms with E-state index in [1.165, 1.54) is 6.08 Å². The average Bonchev–Trinajstić information content (AvgIpc) is 1.98. The molecule has 0 saturated heterocycles. The third-order valence-electron chi connectivity index (χ3n) is 0.770. The molecule has 0 aromatic rings. The van der Waals surface area contributed by atoms with Gasteiger partial charge in [-0.25, -0.2) is 0 Å². The number of amides is 1. The number of carbonyl (C=O) groups is 1. The van der Waals surface area contributed by atoms with E-state index in [1.807, 2.05) is 0 Å². The number of hydrogen-bond acceptors (Lipinski definition) is 2. The lowest BCUT2D eigenvalue weighted by Gasteiger charge is -1.99. The minimum Gasteiger partial charge on any atom is -0.357 e. The molecule has 3 heteroatoms. The van der Waals surface area contributed by atoms with E-state index >= 15 is 0 Å². The molecule has 3 nitrogen and oxygen atoms in total. The summed E-state index contributed by atoms with van der Waals surface area (Å²) in [6.07, 6.45) is 2.80. The van der Waals surface area contributed by atoms with Crippen LogP contribution in [0.2, 0.25) is 0 Å². The lowest BCUT2D eigenvalue weighted by atomic mass is 10.6. The Kier molecular flexibility index (Phi) is 5.38. The highest BCUT2D eigenvalue weighted by Crippen LogP contribution is 1.71. The van der Waals surface area contributed by atoms with E-state index in [0.717, 1.165) is 0 Å². The molecular formula is C7H11NO2. The second kappa shape index (κ2) is 6.04. The van der Waals surface area contributed by atoms with E-state index in [1.54, 1.807) is 6.08 Å². The van der Waals surface area contributed by atoms with Crippen molar-refractivity contribution in [1.29, 1.82) is 0 Å². The van der Waals surface area contributed by atoms with Gasteiger partial charge in [0.05, 0.1) is 6.61 Å². The Morgan fingerprint density at radius 2 is 2.30 bits per heavy atom. The molecule has 0 aromatic heterocycles. The fourth-order valence-corrected chi connectivity index (χ4v) is 0.337. The van der Waals surface area contributed by atoms with Gasteiger partial charge in [0.1, 0.15) is 6.73 Å². The van der Waals surface area contributed by atoms with Crippen molar-refractivity contribution in [3.8, 4) is 0 Å². The van der Waals surface area contributed by atoms with E-state index < -0.39 is 0 Å². The Labute approximate surface area is 60.4 Å². The van der Waals surface area contributed by atoms with Crippen molar-refractivity contribution in [3.05, 3.63) is 25.3 Å². The Balaban J connectivity index is 3.11. The van der Waals surface area contributed by atoms with E-state index in [2.05, 4.69) is 18.5 Å². The van der Waals surface area contributed by atoms with E-state index in [9.17, 15) is 4.79 Å². The summed E-state index contributed by atoms with van der Waals surface area (Å²) in [5, 5.41) is 2.44. The van der Waals surface area contributed by atoms with E-state index in [-0.39, 0.29) is 12.6 Å². The first kappa shape index (κ1) is 8.91. The van der Waals surface area contributed by atoms with Crippen molar-refractivity contribution in [3.63, 3.8) is 0 Å². The number of carbonyl (C=O) groups excluding carboxylic acids is 1. The van der Waals surface area contributed by atoms with Crippen LogP contribution >= 0.6 is 0 Å². The lowest BCUT2D eigenvalue weighted by Crippen LogP contribution is -2.23. The lowest BCUT2D eigenvalue weighted by molar-refractivity contribution is -0.118. The first-order valence-electron chi connectivity index (χ1n) is 2.90. The quantitative estimate of drug-likeness (QED) is 0.261. The zero-order valence-corrected chi connectivity index (χ0v) is 5.80. The summed E-state index contributed by atoms with van der Waals surface area (Å²) < 4.78 is 4.86. The fourth-order valence-electron chi connectivity index (χ4n) is 0.337. The molecule has 10 heavy (non-hydrogen) atoms. The van der Waals surface area contributed by atoms with Gasteiger partial charge in [0.2, 0.25) is 5.91 Å². The molecule has 1 N–H and O–H groups in total. The fraction of sp³-hybridized carbons (Fsp3) is 0.286. The summed E-state index contributed by atoms with van der Waals surface area (Å²) in [5.74, 6) is -0.232. The predicted molar refractivity (Wildman–Crippen MR) is 39.4 cm³/mol. The maximum absolute atomic E-state index is 10.4. The van der Waals surface area contributed by atoms with Gasteiger partial charge in [-0.3, -0.25) is 4.79 Å². The highest BCUT2D eigenvalue weighted by molar-refractivity contribution is 5.86. The highest BCUT2D eigenvalue weighted by Gasteiger charge is 1.89. The summed E-state index contributed by atoms with van der Waals surface area (Å²) in [5.41, 5.74) is 0. The minimum absolute atomic E-state index is 0.205. The molecule has 0 spiro atoms. The van der Waals surface area contributed by atoms with Crippen molar-refractivity contribution >= 4 is 5.91 Å². The smallest absolute Gasteiger partial charge is 0.245 e. The van der Waals surface area contributed by atoms with Crippen LogP contribution in [0.3, 0.4) is 0 Å². The molecule has 0 aliphatic rings. The zero-order chi connectivity index (χ0) is 7.82. The van der Waals surface area contributed by atoms with Crippen LogP contribution in [-0.4, -0.2) is 19.2 Å². The van der Waals surface area contributed by atoms with Crippen molar-refractivity contribution in [2.45, 2.75) is 0 Å². The maximum atomic E-state index is 10.4. The SMILES string of the molecule is C=CCOCNC(=O)C=C. The van der Waals surface area contributed by atoms with Crippen LogP contribution in [0.1, 0.15) is 0 Å². The van der Waals surface area contributed by atoms with Crippen LogP contribution in [0.25, 0.3) is 0 Å². The number of ether oxygens (including phenoxy) is 1. The van der Waals surface area contributed by atoms with Crippen LogP contribution in [0.5, 0.6) is 0 Å². The van der Waals surface area contributed by atoms with Gasteiger partial charge in [-0.1, -0.05) is 12.7 Å². The van der Waals surface area contributed by atoms with Gasteiger partial charge >= 0.3 is 0 Å². The number of hydrogen-bond donors (Lipinski definition) is 1. The Bertz CT molecular complexity index is 132.